The smallest absolute Gasteiger partial charge is 0.134 e. The van der Waals surface area contributed by atoms with Gasteiger partial charge in [-0.25, -0.2) is 0 Å². The van der Waals surface area contributed by atoms with Gasteiger partial charge in [0.2, 0.25) is 0 Å². The number of benzene rings is 1. The van der Waals surface area contributed by atoms with Crippen LogP contribution < -0.4 is 9.47 Å². The first kappa shape index (κ1) is 14.2. The Morgan fingerprint density at radius 2 is 2.14 bits per heavy atom. The maximum atomic E-state index is 10.0. The lowest BCUT2D eigenvalue weighted by Gasteiger charge is -2.16. The molecule has 2 aliphatic rings. The lowest BCUT2D eigenvalue weighted by molar-refractivity contribution is 0.0854. The van der Waals surface area contributed by atoms with Crippen LogP contribution in [0.1, 0.15) is 37.7 Å². The fourth-order valence-corrected chi connectivity index (χ4v) is 3.15. The van der Waals surface area contributed by atoms with Gasteiger partial charge in [0.1, 0.15) is 30.4 Å². The number of aliphatic hydroxyl groups is 1. The standard InChI is InChI=1S/C16H21NO4/c18-12(7-11-3-1-2-4-11)9-20-13-5-6-14-15(17-19)10-21-16(14)8-13/h5-6,8,11-12,18-19H,1-4,7,9-10H2/b17-15-. The molecule has 1 atom stereocenters. The Hall–Kier alpha value is -1.75. The molecule has 0 aromatic heterocycles. The Labute approximate surface area is 124 Å². The number of aliphatic hydroxyl groups excluding tert-OH is 1. The molecule has 1 aromatic carbocycles. The summed E-state index contributed by atoms with van der Waals surface area (Å²) < 4.78 is 11.1. The van der Waals surface area contributed by atoms with Crippen LogP contribution >= 0.6 is 0 Å². The number of hydrogen-bond donors (Lipinski definition) is 2. The monoisotopic (exact) mass is 291 g/mol. The molecule has 1 saturated carbocycles. The Balaban J connectivity index is 1.54. The van der Waals surface area contributed by atoms with Gasteiger partial charge in [-0.2, -0.15) is 0 Å². The van der Waals surface area contributed by atoms with E-state index in [2.05, 4.69) is 5.16 Å². The van der Waals surface area contributed by atoms with E-state index in [1.54, 1.807) is 12.1 Å². The minimum atomic E-state index is -0.420. The third-order valence-corrected chi connectivity index (χ3v) is 4.27. The number of hydrogen-bond acceptors (Lipinski definition) is 5. The van der Waals surface area contributed by atoms with E-state index in [-0.39, 0.29) is 6.61 Å². The first-order valence-electron chi connectivity index (χ1n) is 7.55. The van der Waals surface area contributed by atoms with Crippen molar-refractivity contribution in [3.63, 3.8) is 0 Å². The highest BCUT2D eigenvalue weighted by molar-refractivity contribution is 6.05. The molecule has 1 aliphatic heterocycles. The van der Waals surface area contributed by atoms with E-state index in [1.807, 2.05) is 6.07 Å². The van der Waals surface area contributed by atoms with Crippen LogP contribution in [0.3, 0.4) is 0 Å². The summed E-state index contributed by atoms with van der Waals surface area (Å²) in [5.41, 5.74) is 1.31. The van der Waals surface area contributed by atoms with E-state index in [0.717, 1.165) is 12.0 Å². The molecule has 0 spiro atoms. The summed E-state index contributed by atoms with van der Waals surface area (Å²) in [5, 5.41) is 22.1. The molecule has 1 heterocycles. The summed E-state index contributed by atoms with van der Waals surface area (Å²) in [6.45, 7) is 0.579. The Kier molecular flexibility index (Phi) is 4.29. The quantitative estimate of drug-likeness (QED) is 0.646. The first-order valence-corrected chi connectivity index (χ1v) is 7.55. The molecular formula is C16H21NO4. The molecule has 3 rings (SSSR count). The van der Waals surface area contributed by atoms with Crippen molar-refractivity contribution >= 4 is 5.71 Å². The van der Waals surface area contributed by atoms with Gasteiger partial charge in [0, 0.05) is 11.6 Å². The highest BCUT2D eigenvalue weighted by Crippen LogP contribution is 2.31. The van der Waals surface area contributed by atoms with Crippen molar-refractivity contribution < 1.29 is 19.8 Å². The molecule has 0 radical (unpaired) electrons. The van der Waals surface area contributed by atoms with Crippen LogP contribution in [-0.4, -0.2) is 35.3 Å². The van der Waals surface area contributed by atoms with Gasteiger partial charge >= 0.3 is 0 Å². The van der Waals surface area contributed by atoms with Crippen molar-refractivity contribution in [3.8, 4) is 11.5 Å². The lowest BCUT2D eigenvalue weighted by Crippen LogP contribution is -2.20. The van der Waals surface area contributed by atoms with Crippen LogP contribution in [0.25, 0.3) is 0 Å². The predicted octanol–water partition coefficient (Wildman–Crippen LogP) is 2.58. The van der Waals surface area contributed by atoms with Crippen LogP contribution in [-0.2, 0) is 0 Å². The van der Waals surface area contributed by atoms with Crippen LogP contribution in [0.2, 0.25) is 0 Å². The Bertz CT molecular complexity index is 523. The SMILES string of the molecule is O/N=C1/COc2cc(OCC(O)CC3CCCC3)ccc21. The summed E-state index contributed by atoms with van der Waals surface area (Å²) in [6, 6.07) is 5.40. The van der Waals surface area contributed by atoms with E-state index in [9.17, 15) is 5.11 Å². The molecule has 1 aromatic rings. The lowest BCUT2D eigenvalue weighted by atomic mass is 10.0. The Morgan fingerprint density at radius 3 is 2.90 bits per heavy atom. The van der Waals surface area contributed by atoms with Gasteiger partial charge in [0.25, 0.3) is 0 Å². The van der Waals surface area contributed by atoms with Crippen molar-refractivity contribution in [1.29, 1.82) is 0 Å². The zero-order valence-corrected chi connectivity index (χ0v) is 12.0. The summed E-state index contributed by atoms with van der Waals surface area (Å²) in [6.07, 6.45) is 5.43. The molecule has 0 saturated heterocycles. The highest BCUT2D eigenvalue weighted by Gasteiger charge is 2.21. The fraction of sp³-hybridized carbons (Fsp3) is 0.562. The van der Waals surface area contributed by atoms with Gasteiger partial charge < -0.3 is 19.8 Å². The van der Waals surface area contributed by atoms with E-state index in [1.165, 1.54) is 25.7 Å². The second-order valence-electron chi connectivity index (χ2n) is 5.84. The van der Waals surface area contributed by atoms with Gasteiger partial charge in [-0.3, -0.25) is 0 Å². The molecule has 0 amide bonds. The molecule has 1 fully saturated rings. The number of oxime groups is 1. The summed E-state index contributed by atoms with van der Waals surface area (Å²) in [7, 11) is 0. The fourth-order valence-electron chi connectivity index (χ4n) is 3.15. The zero-order chi connectivity index (χ0) is 14.7. The van der Waals surface area contributed by atoms with Gasteiger partial charge in [-0.15, -0.1) is 0 Å². The summed E-state index contributed by atoms with van der Waals surface area (Å²) >= 11 is 0. The minimum absolute atomic E-state index is 0.277. The molecule has 1 aliphatic carbocycles. The number of rotatable bonds is 5. The van der Waals surface area contributed by atoms with E-state index >= 15 is 0 Å². The van der Waals surface area contributed by atoms with Gasteiger partial charge in [0.15, 0.2) is 0 Å². The van der Waals surface area contributed by atoms with Crippen molar-refractivity contribution in [3.05, 3.63) is 23.8 Å². The van der Waals surface area contributed by atoms with Gasteiger partial charge in [-0.1, -0.05) is 30.8 Å². The molecule has 114 valence electrons. The average Bonchev–Trinajstić information content (AvgIpc) is 3.13. The molecule has 21 heavy (non-hydrogen) atoms. The molecular weight excluding hydrogens is 270 g/mol. The zero-order valence-electron chi connectivity index (χ0n) is 12.0. The molecule has 2 N–H and O–H groups in total. The second-order valence-corrected chi connectivity index (χ2v) is 5.84. The van der Waals surface area contributed by atoms with Gasteiger partial charge in [-0.05, 0) is 24.5 Å². The molecule has 1 unspecified atom stereocenters. The minimum Gasteiger partial charge on any atom is -0.491 e. The number of fused-ring (bicyclic) bond motifs is 1. The average molecular weight is 291 g/mol. The van der Waals surface area contributed by atoms with Crippen molar-refractivity contribution in [2.45, 2.75) is 38.2 Å². The van der Waals surface area contributed by atoms with Crippen molar-refractivity contribution in [2.24, 2.45) is 11.1 Å². The topological polar surface area (TPSA) is 71.3 Å². The normalized spacial score (nSPS) is 21.3. The van der Waals surface area contributed by atoms with Crippen molar-refractivity contribution in [1.82, 2.24) is 0 Å². The molecule has 0 bridgehead atoms. The van der Waals surface area contributed by atoms with Crippen LogP contribution in [0.15, 0.2) is 23.4 Å². The molecule has 5 heteroatoms. The van der Waals surface area contributed by atoms with Gasteiger partial charge in [0.05, 0.1) is 6.10 Å². The van der Waals surface area contributed by atoms with Crippen LogP contribution in [0.5, 0.6) is 11.5 Å². The largest absolute Gasteiger partial charge is 0.491 e. The van der Waals surface area contributed by atoms with Crippen LogP contribution in [0.4, 0.5) is 0 Å². The maximum absolute atomic E-state index is 10.0. The van der Waals surface area contributed by atoms with E-state index in [4.69, 9.17) is 14.7 Å². The second kappa shape index (κ2) is 6.35. The third kappa shape index (κ3) is 3.29. The highest BCUT2D eigenvalue weighted by atomic mass is 16.5. The number of ether oxygens (including phenoxy) is 2. The molecule has 5 nitrogen and oxygen atoms in total. The van der Waals surface area contributed by atoms with E-state index < -0.39 is 6.10 Å². The van der Waals surface area contributed by atoms with Crippen LogP contribution in [0, 0.1) is 5.92 Å². The van der Waals surface area contributed by atoms with E-state index in [0.29, 0.717) is 29.7 Å². The Morgan fingerprint density at radius 1 is 1.33 bits per heavy atom. The first-order chi connectivity index (χ1) is 10.3. The predicted molar refractivity (Wildman–Crippen MR) is 78.3 cm³/mol. The summed E-state index contributed by atoms with van der Waals surface area (Å²) in [4.78, 5) is 0. The van der Waals surface area contributed by atoms with Crippen molar-refractivity contribution in [2.75, 3.05) is 13.2 Å². The number of nitrogens with zero attached hydrogens (tertiary/aromatic N) is 1. The summed E-state index contributed by atoms with van der Waals surface area (Å²) in [5.74, 6) is 1.97. The third-order valence-electron chi connectivity index (χ3n) is 4.27. The maximum Gasteiger partial charge on any atom is 0.134 e.